The Morgan fingerprint density at radius 2 is 1.14 bits per heavy atom. The molecule has 2 aliphatic rings. The molecule has 0 N–H and O–H groups in total. The molecule has 1 unspecified atom stereocenters. The second-order valence-electron chi connectivity index (χ2n) is 11.9. The molecule has 0 saturated heterocycles. The van der Waals surface area contributed by atoms with Gasteiger partial charge in [-0.25, -0.2) is 0 Å². The maximum Gasteiger partial charge on any atom is 0.135 e. The molecule has 6 aromatic carbocycles. The zero-order valence-electron chi connectivity index (χ0n) is 23.8. The van der Waals surface area contributed by atoms with Crippen LogP contribution in [0.1, 0.15) is 22.5 Å². The smallest absolute Gasteiger partial charge is 0.135 e. The molecule has 44 heavy (non-hydrogen) atoms. The Morgan fingerprint density at radius 1 is 0.477 bits per heavy atom. The molecular weight excluding hydrogens is 534 g/mol. The number of benzene rings is 6. The van der Waals surface area contributed by atoms with Crippen molar-refractivity contribution in [3.63, 3.8) is 0 Å². The van der Waals surface area contributed by atoms with Gasteiger partial charge in [-0.3, -0.25) is 4.98 Å². The van der Waals surface area contributed by atoms with Crippen LogP contribution in [0.5, 0.6) is 0 Å². The van der Waals surface area contributed by atoms with E-state index in [1.54, 1.807) is 0 Å². The zero-order chi connectivity index (χ0) is 28.8. The van der Waals surface area contributed by atoms with Crippen molar-refractivity contribution in [1.29, 1.82) is 0 Å². The topological polar surface area (TPSA) is 26.0 Å². The third-order valence-corrected chi connectivity index (χ3v) is 9.74. The van der Waals surface area contributed by atoms with Gasteiger partial charge in [-0.15, -0.1) is 0 Å². The van der Waals surface area contributed by atoms with Crippen molar-refractivity contribution in [1.82, 2.24) is 4.98 Å². The summed E-state index contributed by atoms with van der Waals surface area (Å²) in [6, 6.07) is 52.6. The van der Waals surface area contributed by atoms with Gasteiger partial charge < -0.3 is 4.42 Å². The molecule has 0 aliphatic heterocycles. The van der Waals surface area contributed by atoms with Gasteiger partial charge in [0, 0.05) is 28.1 Å². The number of furan rings is 1. The van der Waals surface area contributed by atoms with E-state index >= 15 is 0 Å². The van der Waals surface area contributed by atoms with Gasteiger partial charge in [0.15, 0.2) is 0 Å². The van der Waals surface area contributed by atoms with Gasteiger partial charge in [0.25, 0.3) is 0 Å². The average Bonchev–Trinajstić information content (AvgIpc) is 3.71. The van der Waals surface area contributed by atoms with Crippen LogP contribution >= 0.6 is 0 Å². The lowest BCUT2D eigenvalue weighted by Crippen LogP contribution is -2.25. The van der Waals surface area contributed by atoms with E-state index in [4.69, 9.17) is 4.42 Å². The van der Waals surface area contributed by atoms with Gasteiger partial charge in [0.05, 0.1) is 5.52 Å². The van der Waals surface area contributed by atoms with E-state index in [1.165, 1.54) is 61.0 Å². The molecule has 204 valence electrons. The summed E-state index contributed by atoms with van der Waals surface area (Å²) in [7, 11) is 0. The minimum atomic E-state index is -0.512. The number of rotatable bonds is 2. The van der Waals surface area contributed by atoms with Gasteiger partial charge >= 0.3 is 0 Å². The number of hydrogen-bond acceptors (Lipinski definition) is 2. The van der Waals surface area contributed by atoms with E-state index in [0.29, 0.717) is 0 Å². The molecule has 0 saturated carbocycles. The van der Waals surface area contributed by atoms with Crippen LogP contribution in [-0.2, 0) is 5.41 Å². The van der Waals surface area contributed by atoms with Gasteiger partial charge in [-0.05, 0) is 68.3 Å². The maximum absolute atomic E-state index is 6.88. The van der Waals surface area contributed by atoms with Crippen LogP contribution in [0, 0.1) is 0 Å². The molecule has 0 fully saturated rings. The second kappa shape index (κ2) is 8.65. The Labute approximate surface area is 254 Å². The first-order valence-electron chi connectivity index (χ1n) is 15.1. The molecule has 2 heterocycles. The van der Waals surface area contributed by atoms with Crippen LogP contribution in [0.15, 0.2) is 156 Å². The molecular formula is C42H25NO. The summed E-state index contributed by atoms with van der Waals surface area (Å²) < 4.78 is 6.88. The molecule has 2 nitrogen and oxygen atoms in total. The van der Waals surface area contributed by atoms with Gasteiger partial charge in [0.1, 0.15) is 16.8 Å². The first-order chi connectivity index (χ1) is 21.8. The standard InChI is InChI=1S/C42H25NO/c1-4-15-35-31(11-1)32-23-22-29(26-18-20-27(21-19-26)30-14-7-9-28-10-8-24-43-40(28)30)25-37(32)42(35)36-16-5-2-12-33(36)39-34-13-3-6-17-38(34)44-41(39)42/h1-25H. The Hall–Kier alpha value is -5.73. The lowest BCUT2D eigenvalue weighted by atomic mass is 9.73. The first-order valence-corrected chi connectivity index (χ1v) is 15.1. The molecule has 1 spiro atoms. The number of para-hydroxylation sites is 2. The van der Waals surface area contributed by atoms with E-state index in [1.807, 2.05) is 12.3 Å². The monoisotopic (exact) mass is 559 g/mol. The summed E-state index contributed by atoms with van der Waals surface area (Å²) in [6.45, 7) is 0. The lowest BCUT2D eigenvalue weighted by molar-refractivity contribution is 0.507. The second-order valence-corrected chi connectivity index (χ2v) is 11.9. The molecule has 8 aromatic rings. The summed E-state index contributed by atoms with van der Waals surface area (Å²) in [5, 5.41) is 2.33. The fourth-order valence-corrected chi connectivity index (χ4v) is 7.90. The Kier molecular flexibility index (Phi) is 4.68. The predicted molar refractivity (Wildman–Crippen MR) is 179 cm³/mol. The Balaban J connectivity index is 1.19. The van der Waals surface area contributed by atoms with E-state index in [9.17, 15) is 0 Å². The summed E-state index contributed by atoms with van der Waals surface area (Å²) in [6.07, 6.45) is 1.87. The van der Waals surface area contributed by atoms with Crippen molar-refractivity contribution < 1.29 is 4.42 Å². The Morgan fingerprint density at radius 3 is 2.02 bits per heavy atom. The highest BCUT2D eigenvalue weighted by atomic mass is 16.3. The molecule has 2 heteroatoms. The van der Waals surface area contributed by atoms with E-state index in [-0.39, 0.29) is 0 Å². The van der Waals surface area contributed by atoms with Crippen molar-refractivity contribution in [3.05, 3.63) is 174 Å². The van der Waals surface area contributed by atoms with Gasteiger partial charge in [-0.1, -0.05) is 127 Å². The fourth-order valence-electron chi connectivity index (χ4n) is 7.90. The predicted octanol–water partition coefficient (Wildman–Crippen LogP) is 10.7. The summed E-state index contributed by atoms with van der Waals surface area (Å²) in [5.41, 5.74) is 15.0. The third kappa shape index (κ3) is 2.97. The maximum atomic E-state index is 6.88. The number of nitrogens with zero attached hydrogens (tertiary/aromatic N) is 1. The highest BCUT2D eigenvalue weighted by molar-refractivity contribution is 6.04. The van der Waals surface area contributed by atoms with Gasteiger partial charge in [-0.2, -0.15) is 0 Å². The van der Waals surface area contributed by atoms with Crippen molar-refractivity contribution in [3.8, 4) is 44.5 Å². The normalized spacial score (nSPS) is 15.8. The van der Waals surface area contributed by atoms with Gasteiger partial charge in [0.2, 0.25) is 0 Å². The highest BCUT2D eigenvalue weighted by Gasteiger charge is 2.54. The molecule has 10 rings (SSSR count). The average molecular weight is 560 g/mol. The van der Waals surface area contributed by atoms with Crippen LogP contribution < -0.4 is 0 Å². The summed E-state index contributed by atoms with van der Waals surface area (Å²) in [5.74, 6) is 1.03. The molecule has 0 radical (unpaired) electrons. The fraction of sp³-hybridized carbons (Fsp3) is 0.0238. The molecule has 2 aliphatic carbocycles. The highest BCUT2D eigenvalue weighted by Crippen LogP contribution is 2.64. The van der Waals surface area contributed by atoms with E-state index in [2.05, 4.69) is 145 Å². The number of aromatic nitrogens is 1. The van der Waals surface area contributed by atoms with E-state index in [0.717, 1.165) is 27.8 Å². The zero-order valence-corrected chi connectivity index (χ0v) is 23.8. The van der Waals surface area contributed by atoms with Crippen LogP contribution in [0.2, 0.25) is 0 Å². The largest absolute Gasteiger partial charge is 0.459 e. The summed E-state index contributed by atoms with van der Waals surface area (Å²) in [4.78, 5) is 4.68. The minimum Gasteiger partial charge on any atom is -0.459 e. The van der Waals surface area contributed by atoms with Crippen molar-refractivity contribution in [2.24, 2.45) is 0 Å². The molecule has 0 amide bonds. The third-order valence-electron chi connectivity index (χ3n) is 9.74. The van der Waals surface area contributed by atoms with Crippen LogP contribution in [0.3, 0.4) is 0 Å². The molecule has 2 aromatic heterocycles. The minimum absolute atomic E-state index is 0.512. The van der Waals surface area contributed by atoms with E-state index < -0.39 is 5.41 Å². The summed E-state index contributed by atoms with van der Waals surface area (Å²) >= 11 is 0. The number of hydrogen-bond donors (Lipinski definition) is 0. The van der Waals surface area contributed by atoms with Crippen molar-refractivity contribution >= 4 is 21.9 Å². The first kappa shape index (κ1) is 23.8. The van der Waals surface area contributed by atoms with Crippen molar-refractivity contribution in [2.45, 2.75) is 5.41 Å². The SMILES string of the molecule is c1ccc2c(c1)-c1ccc(-c3ccc(-c4cccc5cccnc45)cc3)cc1C21c2ccccc2-c2c1oc1ccccc21. The van der Waals surface area contributed by atoms with Crippen LogP contribution in [-0.4, -0.2) is 4.98 Å². The number of pyridine rings is 1. The molecule has 0 bridgehead atoms. The molecule has 1 atom stereocenters. The van der Waals surface area contributed by atoms with Crippen LogP contribution in [0.25, 0.3) is 66.4 Å². The Bertz CT molecular complexity index is 2440. The van der Waals surface area contributed by atoms with Crippen LogP contribution in [0.4, 0.5) is 0 Å². The van der Waals surface area contributed by atoms with Crippen molar-refractivity contribution in [2.75, 3.05) is 0 Å². The quantitative estimate of drug-likeness (QED) is 0.211. The number of fused-ring (bicyclic) bond motifs is 13. The lowest BCUT2D eigenvalue weighted by Gasteiger charge is -2.28.